The van der Waals surface area contributed by atoms with Crippen LogP contribution < -0.4 is 5.46 Å². The highest BCUT2D eigenvalue weighted by Gasteiger charge is 2.52. The van der Waals surface area contributed by atoms with Crippen molar-refractivity contribution in [3.63, 3.8) is 0 Å². The van der Waals surface area contributed by atoms with Gasteiger partial charge in [0.2, 0.25) is 5.71 Å². The van der Waals surface area contributed by atoms with Crippen molar-refractivity contribution in [2.24, 2.45) is 0 Å². The molecule has 61 heavy (non-hydrogen) atoms. The molecule has 4 aromatic heterocycles. The number of nitrogens with zero attached hydrogens (tertiary/aromatic N) is 3. The van der Waals surface area contributed by atoms with Crippen LogP contribution in [0.3, 0.4) is 0 Å². The largest absolute Gasteiger partial charge is 0.494 e. The average molecular weight is 798 g/mol. The minimum atomic E-state index is -0.533. The van der Waals surface area contributed by atoms with E-state index in [0.717, 1.165) is 90.7 Å². The van der Waals surface area contributed by atoms with Gasteiger partial charge in [0, 0.05) is 40.0 Å². The second kappa shape index (κ2) is 14.9. The standard InChI is InChI=1S/C54H48BN3O3/c1-33-27-47(36-19-21-37(22-20-36)49-17-10-11-26-56-49)48(28-34(33)2)40-29-39(30-41(31-40)55-60-53(4,5)54(6,7)61-55)43-14-9-8-13-42(43)38-23-25-50(57-32-38)46-16-12-15-44-45-24-18-35(3)58-52(45)59-51(44)46/h9-12,14-32H,8,13H2,1-7H3. The monoisotopic (exact) mass is 797 g/mol. The van der Waals surface area contributed by atoms with Crippen LogP contribution in [0.25, 0.3) is 78.0 Å². The van der Waals surface area contributed by atoms with Crippen molar-refractivity contribution in [1.82, 2.24) is 15.0 Å². The summed E-state index contributed by atoms with van der Waals surface area (Å²) in [7, 11) is -0.533. The smallest absolute Gasteiger partial charge is 0.437 e. The third-order valence-corrected chi connectivity index (χ3v) is 13.0. The van der Waals surface area contributed by atoms with E-state index < -0.39 is 18.3 Å². The number of pyridine rings is 3. The molecule has 10 rings (SSSR count). The van der Waals surface area contributed by atoms with Gasteiger partial charge in [0.15, 0.2) is 0 Å². The Morgan fingerprint density at radius 2 is 1.31 bits per heavy atom. The molecule has 1 saturated heterocycles. The van der Waals surface area contributed by atoms with Crippen molar-refractivity contribution < 1.29 is 13.7 Å². The van der Waals surface area contributed by atoms with Crippen LogP contribution in [0.4, 0.5) is 0 Å². The van der Waals surface area contributed by atoms with E-state index in [1.807, 2.05) is 43.6 Å². The molecule has 0 saturated carbocycles. The van der Waals surface area contributed by atoms with Crippen LogP contribution in [-0.4, -0.2) is 33.3 Å². The van der Waals surface area contributed by atoms with Crippen molar-refractivity contribution in [1.29, 1.82) is 0 Å². The predicted octanol–water partition coefficient (Wildman–Crippen LogP) is 12.9. The molecule has 0 atom stereocenters. The highest BCUT2D eigenvalue weighted by atomic mass is 16.7. The number of furan rings is 1. The summed E-state index contributed by atoms with van der Waals surface area (Å²) < 4.78 is 19.8. The summed E-state index contributed by atoms with van der Waals surface area (Å²) in [5.74, 6) is 0. The number of allylic oxidation sites excluding steroid dienone is 4. The molecule has 8 aromatic rings. The van der Waals surface area contributed by atoms with E-state index in [2.05, 4.69) is 155 Å². The molecular weight excluding hydrogens is 749 g/mol. The number of rotatable bonds is 7. The van der Waals surface area contributed by atoms with E-state index >= 15 is 0 Å². The van der Waals surface area contributed by atoms with Gasteiger partial charge in [0.25, 0.3) is 0 Å². The Hall–Kier alpha value is -6.41. The van der Waals surface area contributed by atoms with E-state index in [0.29, 0.717) is 5.71 Å². The van der Waals surface area contributed by atoms with Gasteiger partial charge in [-0.1, -0.05) is 84.9 Å². The van der Waals surface area contributed by atoms with Crippen LogP contribution in [0, 0.1) is 20.8 Å². The molecule has 0 unspecified atom stereocenters. The van der Waals surface area contributed by atoms with Crippen LogP contribution in [0.5, 0.6) is 0 Å². The van der Waals surface area contributed by atoms with Crippen molar-refractivity contribution in [2.45, 2.75) is 72.5 Å². The Balaban J connectivity index is 1.10. The van der Waals surface area contributed by atoms with Gasteiger partial charge in [0.1, 0.15) is 5.58 Å². The maximum atomic E-state index is 6.73. The first kappa shape index (κ1) is 38.8. The summed E-state index contributed by atoms with van der Waals surface area (Å²) in [6, 6.07) is 41.0. The number of hydrogen-bond donors (Lipinski definition) is 0. The summed E-state index contributed by atoms with van der Waals surface area (Å²) in [6.45, 7) is 14.8. The molecule has 1 aliphatic carbocycles. The van der Waals surface area contributed by atoms with Gasteiger partial charge in [0.05, 0.1) is 22.6 Å². The Morgan fingerprint density at radius 3 is 2.03 bits per heavy atom. The van der Waals surface area contributed by atoms with Gasteiger partial charge < -0.3 is 13.7 Å². The Kier molecular flexibility index (Phi) is 9.50. The first-order valence-electron chi connectivity index (χ1n) is 21.2. The van der Waals surface area contributed by atoms with E-state index in [1.165, 1.54) is 27.8 Å². The minimum Gasteiger partial charge on any atom is -0.437 e. The molecule has 300 valence electrons. The predicted molar refractivity (Wildman–Crippen MR) is 250 cm³/mol. The van der Waals surface area contributed by atoms with Crippen LogP contribution in [0.15, 0.2) is 144 Å². The lowest BCUT2D eigenvalue weighted by atomic mass is 9.75. The van der Waals surface area contributed by atoms with Gasteiger partial charge in [-0.05, 0) is 165 Å². The number of aromatic nitrogens is 3. The highest BCUT2D eigenvalue weighted by molar-refractivity contribution is 6.62. The molecule has 0 bridgehead atoms. The van der Waals surface area contributed by atoms with Gasteiger partial charge >= 0.3 is 7.12 Å². The third kappa shape index (κ3) is 7.02. The second-order valence-corrected chi connectivity index (χ2v) is 17.6. The maximum absolute atomic E-state index is 6.73. The van der Waals surface area contributed by atoms with Gasteiger partial charge in [-0.2, -0.15) is 0 Å². The summed E-state index contributed by atoms with van der Waals surface area (Å²) >= 11 is 0. The number of fused-ring (bicyclic) bond motifs is 3. The van der Waals surface area contributed by atoms with Crippen molar-refractivity contribution in [3.8, 4) is 44.8 Å². The molecule has 0 amide bonds. The number of benzene rings is 4. The maximum Gasteiger partial charge on any atom is 0.494 e. The lowest BCUT2D eigenvalue weighted by Gasteiger charge is -2.32. The molecule has 5 heterocycles. The third-order valence-electron chi connectivity index (χ3n) is 13.0. The number of para-hydroxylation sites is 1. The Labute approximate surface area is 358 Å². The van der Waals surface area contributed by atoms with Crippen molar-refractivity contribution in [3.05, 3.63) is 168 Å². The lowest BCUT2D eigenvalue weighted by Crippen LogP contribution is -2.41. The summed E-state index contributed by atoms with van der Waals surface area (Å²) in [4.78, 5) is 14.3. The second-order valence-electron chi connectivity index (χ2n) is 17.6. The molecule has 6 nitrogen and oxygen atoms in total. The Bertz CT molecular complexity index is 3040. The van der Waals surface area contributed by atoms with Gasteiger partial charge in [-0.15, -0.1) is 0 Å². The van der Waals surface area contributed by atoms with Crippen LogP contribution >= 0.6 is 0 Å². The first-order valence-corrected chi connectivity index (χ1v) is 21.2. The molecule has 1 aliphatic heterocycles. The molecule has 0 N–H and O–H groups in total. The van der Waals surface area contributed by atoms with Crippen LogP contribution in [-0.2, 0) is 9.31 Å². The average Bonchev–Trinajstić information content (AvgIpc) is 3.75. The van der Waals surface area contributed by atoms with Gasteiger partial charge in [-0.3, -0.25) is 9.97 Å². The van der Waals surface area contributed by atoms with Crippen LogP contribution in [0.1, 0.15) is 68.5 Å². The topological polar surface area (TPSA) is 70.3 Å². The fourth-order valence-corrected chi connectivity index (χ4v) is 8.67. The molecule has 0 spiro atoms. The van der Waals surface area contributed by atoms with E-state index in [4.69, 9.17) is 18.7 Å². The number of aryl methyl sites for hydroxylation is 3. The normalized spacial score (nSPS) is 16.0. The van der Waals surface area contributed by atoms with Crippen molar-refractivity contribution >= 4 is 45.8 Å². The summed E-state index contributed by atoms with van der Waals surface area (Å²) in [5.41, 5.74) is 18.0. The molecule has 1 fully saturated rings. The minimum absolute atomic E-state index is 0.487. The molecule has 4 aromatic carbocycles. The SMILES string of the molecule is Cc1ccc2c(n1)oc1c(-c3ccc(C4=C(c5cc(B6OC(C)(C)C(C)(C)O6)cc(-c6cc(C)c(C)cc6-c6ccc(-c7ccccn7)cc6)c5)C=CCC4)cn3)cccc12. The fourth-order valence-electron chi connectivity index (χ4n) is 8.67. The zero-order valence-electron chi connectivity index (χ0n) is 35.8. The quantitative estimate of drug-likeness (QED) is 0.150. The zero-order chi connectivity index (χ0) is 42.0. The summed E-state index contributed by atoms with van der Waals surface area (Å²) in [6.07, 6.45) is 10.3. The highest BCUT2D eigenvalue weighted by Crippen LogP contribution is 2.42. The number of hydrogen-bond acceptors (Lipinski definition) is 6. The summed E-state index contributed by atoms with van der Waals surface area (Å²) in [5, 5.41) is 2.05. The van der Waals surface area contributed by atoms with E-state index in [-0.39, 0.29) is 0 Å². The Morgan fingerprint density at radius 1 is 0.590 bits per heavy atom. The van der Waals surface area contributed by atoms with E-state index in [1.54, 1.807) is 0 Å². The zero-order valence-corrected chi connectivity index (χ0v) is 35.8. The van der Waals surface area contributed by atoms with Crippen molar-refractivity contribution in [2.75, 3.05) is 0 Å². The molecule has 7 heteroatoms. The van der Waals surface area contributed by atoms with Gasteiger partial charge in [-0.25, -0.2) is 4.98 Å². The molecule has 0 radical (unpaired) electrons. The first-order chi connectivity index (χ1) is 29.4. The fraction of sp³-hybridized carbons (Fsp3) is 0.204. The lowest BCUT2D eigenvalue weighted by molar-refractivity contribution is 0.00578. The van der Waals surface area contributed by atoms with E-state index in [9.17, 15) is 0 Å². The van der Waals surface area contributed by atoms with Crippen LogP contribution in [0.2, 0.25) is 0 Å². The molecule has 2 aliphatic rings. The molecular formula is C54H48BN3O3.